The maximum Gasteiger partial charge on any atom is 0.139 e. The molecule has 0 saturated heterocycles. The molecule has 0 aliphatic heterocycles. The molecule has 0 bridgehead atoms. The Morgan fingerprint density at radius 3 is 2.54 bits per heavy atom. The minimum atomic E-state index is 0.447. The summed E-state index contributed by atoms with van der Waals surface area (Å²) in [7, 11) is 0. The summed E-state index contributed by atoms with van der Waals surface area (Å²) in [5.41, 5.74) is 0. The maximum absolute atomic E-state index is 11.7. The topological polar surface area (TPSA) is 17.1 Å². The van der Waals surface area contributed by atoms with Crippen molar-refractivity contribution in [2.75, 3.05) is 0 Å². The minimum absolute atomic E-state index is 0.447. The fraction of sp³-hybridized carbons (Fsp3) is 0.917. The van der Waals surface area contributed by atoms with Gasteiger partial charge in [-0.05, 0) is 25.2 Å². The molecule has 74 valence electrons. The first-order valence-corrected chi connectivity index (χ1v) is 5.88. The standard InChI is InChI=1S/C12H20O/c1-2-9-10-7-5-3-4-6-8-11(10)12(9)13/h9-11H,2-8H2,1H3. The molecule has 1 heteroatoms. The van der Waals surface area contributed by atoms with E-state index in [4.69, 9.17) is 0 Å². The molecule has 3 unspecified atom stereocenters. The minimum Gasteiger partial charge on any atom is -0.299 e. The largest absolute Gasteiger partial charge is 0.299 e. The predicted octanol–water partition coefficient (Wildman–Crippen LogP) is 3.18. The Hall–Kier alpha value is -0.330. The Kier molecular flexibility index (Phi) is 2.71. The van der Waals surface area contributed by atoms with E-state index in [1.54, 1.807) is 0 Å². The van der Waals surface area contributed by atoms with Crippen LogP contribution in [0, 0.1) is 17.8 Å². The molecule has 0 N–H and O–H groups in total. The van der Waals surface area contributed by atoms with Crippen molar-refractivity contribution in [3.05, 3.63) is 0 Å². The van der Waals surface area contributed by atoms with Crippen LogP contribution >= 0.6 is 0 Å². The third-order valence-electron chi connectivity index (χ3n) is 4.01. The van der Waals surface area contributed by atoms with E-state index in [9.17, 15) is 4.79 Å². The molecule has 0 aromatic heterocycles. The normalized spacial score (nSPS) is 40.1. The van der Waals surface area contributed by atoms with Crippen molar-refractivity contribution in [1.29, 1.82) is 0 Å². The first-order chi connectivity index (χ1) is 6.34. The quantitative estimate of drug-likeness (QED) is 0.605. The Morgan fingerprint density at radius 1 is 1.15 bits per heavy atom. The van der Waals surface area contributed by atoms with E-state index in [0.717, 1.165) is 12.3 Å². The van der Waals surface area contributed by atoms with Crippen LogP contribution in [0.5, 0.6) is 0 Å². The number of fused-ring (bicyclic) bond motifs is 1. The van der Waals surface area contributed by atoms with Crippen LogP contribution < -0.4 is 0 Å². The molecule has 0 amide bonds. The van der Waals surface area contributed by atoms with Gasteiger partial charge >= 0.3 is 0 Å². The van der Waals surface area contributed by atoms with Crippen LogP contribution in [-0.4, -0.2) is 5.78 Å². The van der Waals surface area contributed by atoms with Crippen LogP contribution in [0.1, 0.15) is 51.9 Å². The summed E-state index contributed by atoms with van der Waals surface area (Å²) in [6.45, 7) is 2.16. The zero-order chi connectivity index (χ0) is 9.26. The summed E-state index contributed by atoms with van der Waals surface area (Å²) >= 11 is 0. The average molecular weight is 180 g/mol. The molecular weight excluding hydrogens is 160 g/mol. The molecule has 0 spiro atoms. The zero-order valence-corrected chi connectivity index (χ0v) is 8.59. The van der Waals surface area contributed by atoms with E-state index >= 15 is 0 Å². The monoisotopic (exact) mass is 180 g/mol. The summed E-state index contributed by atoms with van der Waals surface area (Å²) in [4.78, 5) is 11.7. The highest BCUT2D eigenvalue weighted by Crippen LogP contribution is 2.45. The van der Waals surface area contributed by atoms with Crippen molar-refractivity contribution in [3.8, 4) is 0 Å². The van der Waals surface area contributed by atoms with Gasteiger partial charge < -0.3 is 0 Å². The first kappa shape index (κ1) is 9.23. The van der Waals surface area contributed by atoms with Crippen molar-refractivity contribution in [1.82, 2.24) is 0 Å². The predicted molar refractivity (Wildman–Crippen MR) is 53.5 cm³/mol. The number of ketones is 1. The lowest BCUT2D eigenvalue weighted by molar-refractivity contribution is -0.144. The van der Waals surface area contributed by atoms with Gasteiger partial charge in [-0.3, -0.25) is 4.79 Å². The van der Waals surface area contributed by atoms with Gasteiger partial charge in [0.2, 0.25) is 0 Å². The number of carbonyl (C=O) groups is 1. The lowest BCUT2D eigenvalue weighted by Gasteiger charge is -2.44. The Balaban J connectivity index is 1.98. The van der Waals surface area contributed by atoms with Crippen molar-refractivity contribution in [2.45, 2.75) is 51.9 Å². The van der Waals surface area contributed by atoms with Gasteiger partial charge in [-0.2, -0.15) is 0 Å². The third-order valence-corrected chi connectivity index (χ3v) is 4.01. The molecule has 1 nitrogen and oxygen atoms in total. The second-order valence-corrected chi connectivity index (χ2v) is 4.68. The Bertz CT molecular complexity index is 197. The molecule has 2 rings (SSSR count). The van der Waals surface area contributed by atoms with Crippen molar-refractivity contribution in [3.63, 3.8) is 0 Å². The number of Topliss-reactive ketones (excluding diaryl/α,β-unsaturated/α-hetero) is 1. The van der Waals surface area contributed by atoms with E-state index in [2.05, 4.69) is 6.92 Å². The molecule has 0 aromatic rings. The van der Waals surface area contributed by atoms with Gasteiger partial charge in [0, 0.05) is 11.8 Å². The molecule has 2 saturated carbocycles. The van der Waals surface area contributed by atoms with Crippen LogP contribution in [-0.2, 0) is 4.79 Å². The molecule has 0 aromatic carbocycles. The number of rotatable bonds is 1. The van der Waals surface area contributed by atoms with E-state index in [1.165, 1.54) is 38.5 Å². The highest BCUT2D eigenvalue weighted by Gasteiger charge is 2.47. The van der Waals surface area contributed by atoms with Crippen molar-refractivity contribution < 1.29 is 4.79 Å². The van der Waals surface area contributed by atoms with Gasteiger partial charge in [0.1, 0.15) is 5.78 Å². The van der Waals surface area contributed by atoms with E-state index < -0.39 is 0 Å². The zero-order valence-electron chi connectivity index (χ0n) is 8.59. The van der Waals surface area contributed by atoms with Gasteiger partial charge in [-0.15, -0.1) is 0 Å². The molecule has 2 aliphatic rings. The lowest BCUT2D eigenvalue weighted by Crippen LogP contribution is -2.47. The summed E-state index contributed by atoms with van der Waals surface area (Å²) < 4.78 is 0. The highest BCUT2D eigenvalue weighted by atomic mass is 16.1. The fourth-order valence-corrected chi connectivity index (χ4v) is 3.22. The molecule has 3 atom stereocenters. The fourth-order valence-electron chi connectivity index (χ4n) is 3.22. The Labute approximate surface area is 80.9 Å². The average Bonchev–Trinajstić information content (AvgIpc) is 2.09. The van der Waals surface area contributed by atoms with Crippen molar-refractivity contribution in [2.24, 2.45) is 17.8 Å². The summed E-state index contributed by atoms with van der Waals surface area (Å²) in [5.74, 6) is 2.29. The van der Waals surface area contributed by atoms with Gasteiger partial charge in [-0.1, -0.05) is 32.6 Å². The molecule has 2 aliphatic carbocycles. The molecule has 0 heterocycles. The van der Waals surface area contributed by atoms with Gasteiger partial charge in [-0.25, -0.2) is 0 Å². The lowest BCUT2D eigenvalue weighted by atomic mass is 9.58. The third kappa shape index (κ3) is 1.53. The summed E-state index contributed by atoms with van der Waals surface area (Å²) in [5, 5.41) is 0. The van der Waals surface area contributed by atoms with Crippen LogP contribution in [0.15, 0.2) is 0 Å². The van der Waals surface area contributed by atoms with Crippen LogP contribution in [0.3, 0.4) is 0 Å². The van der Waals surface area contributed by atoms with E-state index in [0.29, 0.717) is 17.6 Å². The molecule has 13 heavy (non-hydrogen) atoms. The number of hydrogen-bond acceptors (Lipinski definition) is 1. The van der Waals surface area contributed by atoms with Crippen LogP contribution in [0.2, 0.25) is 0 Å². The molecular formula is C12H20O. The van der Waals surface area contributed by atoms with Crippen molar-refractivity contribution >= 4 is 5.78 Å². The summed E-state index contributed by atoms with van der Waals surface area (Å²) in [6, 6.07) is 0. The molecule has 0 radical (unpaired) electrons. The van der Waals surface area contributed by atoms with Gasteiger partial charge in [0.05, 0.1) is 0 Å². The smallest absolute Gasteiger partial charge is 0.139 e. The SMILES string of the molecule is CCC1C(=O)C2CCCCCCC12. The summed E-state index contributed by atoms with van der Waals surface area (Å²) in [6.07, 6.45) is 9.02. The molecule has 2 fully saturated rings. The highest BCUT2D eigenvalue weighted by molar-refractivity contribution is 5.90. The van der Waals surface area contributed by atoms with E-state index in [-0.39, 0.29) is 0 Å². The van der Waals surface area contributed by atoms with Gasteiger partial charge in [0.25, 0.3) is 0 Å². The van der Waals surface area contributed by atoms with Crippen LogP contribution in [0.4, 0.5) is 0 Å². The second-order valence-electron chi connectivity index (χ2n) is 4.68. The number of carbonyl (C=O) groups excluding carboxylic acids is 1. The van der Waals surface area contributed by atoms with E-state index in [1.807, 2.05) is 0 Å². The van der Waals surface area contributed by atoms with Gasteiger partial charge in [0.15, 0.2) is 0 Å². The Morgan fingerprint density at radius 2 is 1.85 bits per heavy atom. The first-order valence-electron chi connectivity index (χ1n) is 5.88. The van der Waals surface area contributed by atoms with Crippen LogP contribution in [0.25, 0.3) is 0 Å². The number of hydrogen-bond donors (Lipinski definition) is 0. The maximum atomic E-state index is 11.7. The second kappa shape index (κ2) is 3.81.